The Hall–Kier alpha value is -0.780. The van der Waals surface area contributed by atoms with Gasteiger partial charge in [0.2, 0.25) is 5.90 Å². The largest absolute Gasteiger partial charge is 0.473 e. The second-order valence-corrected chi connectivity index (χ2v) is 9.31. The maximum absolute atomic E-state index is 11.4. The van der Waals surface area contributed by atoms with Gasteiger partial charge in [0, 0.05) is 27.5 Å². The van der Waals surface area contributed by atoms with Crippen LogP contribution in [0.2, 0.25) is 5.02 Å². The third-order valence-electron chi connectivity index (χ3n) is 5.70. The predicted molar refractivity (Wildman–Crippen MR) is 90.6 cm³/mol. The number of benzene rings is 1. The Bertz CT molecular complexity index is 808. The van der Waals surface area contributed by atoms with Gasteiger partial charge in [-0.15, -0.1) is 4.40 Å². The Kier molecular flexibility index (Phi) is 3.49. The molecule has 23 heavy (non-hydrogen) atoms. The van der Waals surface area contributed by atoms with E-state index in [0.29, 0.717) is 6.42 Å². The highest BCUT2D eigenvalue weighted by atomic mass is 35.7. The minimum atomic E-state index is -3.98. The van der Waals surface area contributed by atoms with Crippen LogP contribution in [0, 0.1) is 0 Å². The molecule has 4 rings (SSSR count). The number of fused-ring (bicyclic) bond motifs is 1. The summed E-state index contributed by atoms with van der Waals surface area (Å²) in [6, 6.07) is 6.00. The molecule has 2 atom stereocenters. The van der Waals surface area contributed by atoms with Crippen LogP contribution < -0.4 is 0 Å². The summed E-state index contributed by atoms with van der Waals surface area (Å²) >= 11 is 6.41. The summed E-state index contributed by atoms with van der Waals surface area (Å²) in [5, 5.41) is 0.784. The molecule has 4 nitrogen and oxygen atoms in total. The summed E-state index contributed by atoms with van der Waals surface area (Å²) in [4.78, 5) is 0. The highest BCUT2D eigenvalue weighted by Crippen LogP contribution is 2.60. The van der Waals surface area contributed by atoms with Gasteiger partial charge in [0.1, 0.15) is 5.60 Å². The summed E-state index contributed by atoms with van der Waals surface area (Å²) in [5.41, 5.74) is 1.77. The van der Waals surface area contributed by atoms with E-state index < -0.39 is 9.24 Å². The van der Waals surface area contributed by atoms with Crippen molar-refractivity contribution in [1.82, 2.24) is 0 Å². The first-order valence-corrected chi connectivity index (χ1v) is 10.5. The molecule has 2 unspecified atom stereocenters. The topological polar surface area (TPSA) is 55.7 Å². The molecule has 0 aromatic heterocycles. The van der Waals surface area contributed by atoms with E-state index >= 15 is 0 Å². The van der Waals surface area contributed by atoms with Gasteiger partial charge in [-0.1, -0.05) is 30.2 Å². The van der Waals surface area contributed by atoms with Crippen LogP contribution in [-0.2, 0) is 25.8 Å². The zero-order valence-electron chi connectivity index (χ0n) is 12.5. The molecule has 0 spiro atoms. The van der Waals surface area contributed by atoms with Gasteiger partial charge in [0.25, 0.3) is 0 Å². The molecule has 0 bridgehead atoms. The summed E-state index contributed by atoms with van der Waals surface area (Å²) in [6.07, 6.45) is 6.22. The molecule has 7 heteroatoms. The van der Waals surface area contributed by atoms with E-state index in [9.17, 15) is 8.42 Å². The zero-order chi connectivity index (χ0) is 16.3. The van der Waals surface area contributed by atoms with Gasteiger partial charge >= 0.3 is 9.24 Å². The molecule has 0 N–H and O–H groups in total. The van der Waals surface area contributed by atoms with Crippen LogP contribution in [0.5, 0.6) is 0 Å². The fraction of sp³-hybridized carbons (Fsp3) is 0.562. The molecule has 1 aromatic carbocycles. The quantitative estimate of drug-likeness (QED) is 0.695. The van der Waals surface area contributed by atoms with Crippen molar-refractivity contribution in [3.63, 3.8) is 0 Å². The molecule has 1 saturated heterocycles. The van der Waals surface area contributed by atoms with Crippen LogP contribution in [-0.4, -0.2) is 19.9 Å². The molecule has 124 valence electrons. The summed E-state index contributed by atoms with van der Waals surface area (Å²) in [7, 11) is 1.34. The second-order valence-electron chi connectivity index (χ2n) is 6.73. The zero-order valence-corrected chi connectivity index (χ0v) is 14.8. The summed E-state index contributed by atoms with van der Waals surface area (Å²) in [5.74, 6) is 0.245. The van der Waals surface area contributed by atoms with Crippen molar-refractivity contribution in [2.24, 2.45) is 4.40 Å². The van der Waals surface area contributed by atoms with Crippen molar-refractivity contribution in [2.45, 2.75) is 56.0 Å². The van der Waals surface area contributed by atoms with Crippen LogP contribution in [0.1, 0.15) is 49.7 Å². The van der Waals surface area contributed by atoms with Gasteiger partial charge in [-0.3, -0.25) is 0 Å². The highest BCUT2D eigenvalue weighted by molar-refractivity contribution is 8.12. The number of hydrogen-bond donors (Lipinski definition) is 0. The van der Waals surface area contributed by atoms with Crippen LogP contribution >= 0.6 is 22.3 Å². The molecule has 0 radical (unpaired) electrons. The maximum Gasteiger partial charge on any atom is 0.342 e. The first-order valence-electron chi connectivity index (χ1n) is 7.86. The summed E-state index contributed by atoms with van der Waals surface area (Å²) in [6.45, 7) is 0. The molecule has 2 fully saturated rings. The average Bonchev–Trinajstić information content (AvgIpc) is 2.79. The molecule has 1 aromatic rings. The fourth-order valence-corrected chi connectivity index (χ4v) is 5.72. The molecular weight excluding hydrogens is 357 g/mol. The van der Waals surface area contributed by atoms with Crippen molar-refractivity contribution in [3.8, 4) is 0 Å². The standard InChI is InChI=1S/C16H17Cl2NO3S/c17-13-5-3-4-12-11(13)6-9-16-8-2-1-7-15(12,16)10-14(22-16)19-23(18,20)21/h3-5H,1-2,6-10H2. The minimum absolute atomic E-state index is 0.232. The lowest BCUT2D eigenvalue weighted by atomic mass is 9.54. The Morgan fingerprint density at radius 1 is 1.17 bits per heavy atom. The third kappa shape index (κ3) is 2.31. The Labute approximate surface area is 145 Å². The SMILES string of the molecule is O=S(=O)(Cl)N=C1CC23CCCCC2(CCc2c(Cl)cccc23)O1. The maximum atomic E-state index is 11.4. The number of rotatable bonds is 1. The average molecular weight is 374 g/mol. The van der Waals surface area contributed by atoms with E-state index in [1.807, 2.05) is 12.1 Å². The van der Waals surface area contributed by atoms with Crippen molar-refractivity contribution < 1.29 is 13.2 Å². The first kappa shape index (κ1) is 15.7. The molecule has 0 amide bonds. The van der Waals surface area contributed by atoms with Crippen molar-refractivity contribution in [1.29, 1.82) is 0 Å². The van der Waals surface area contributed by atoms with Gasteiger partial charge in [0.05, 0.1) is 0 Å². The number of nitrogens with zero attached hydrogens (tertiary/aromatic N) is 1. The van der Waals surface area contributed by atoms with Crippen molar-refractivity contribution in [3.05, 3.63) is 34.3 Å². The molecule has 1 saturated carbocycles. The van der Waals surface area contributed by atoms with E-state index in [1.54, 1.807) is 0 Å². The van der Waals surface area contributed by atoms with Crippen molar-refractivity contribution >= 4 is 37.4 Å². The minimum Gasteiger partial charge on any atom is -0.473 e. The smallest absolute Gasteiger partial charge is 0.342 e. The van der Waals surface area contributed by atoms with Crippen LogP contribution in [0.3, 0.4) is 0 Å². The number of halogens is 2. The van der Waals surface area contributed by atoms with Gasteiger partial charge in [-0.05, 0) is 49.3 Å². The number of ether oxygens (including phenoxy) is 1. The highest BCUT2D eigenvalue weighted by Gasteiger charge is 2.63. The van der Waals surface area contributed by atoms with E-state index in [4.69, 9.17) is 27.0 Å². The molecule has 1 aliphatic heterocycles. The van der Waals surface area contributed by atoms with E-state index in [1.165, 1.54) is 11.1 Å². The molecule has 2 aliphatic carbocycles. The third-order valence-corrected chi connectivity index (χ3v) is 6.68. The first-order chi connectivity index (χ1) is 10.9. The molecule has 3 aliphatic rings. The summed E-state index contributed by atoms with van der Waals surface area (Å²) < 4.78 is 32.5. The predicted octanol–water partition coefficient (Wildman–Crippen LogP) is 4.14. The fourth-order valence-electron chi connectivity index (χ4n) is 4.87. The van der Waals surface area contributed by atoms with E-state index in [2.05, 4.69) is 10.5 Å². The van der Waals surface area contributed by atoms with Crippen molar-refractivity contribution in [2.75, 3.05) is 0 Å². The Morgan fingerprint density at radius 3 is 2.74 bits per heavy atom. The van der Waals surface area contributed by atoms with E-state index in [-0.39, 0.29) is 16.9 Å². The lowest BCUT2D eigenvalue weighted by molar-refractivity contribution is -0.0324. The van der Waals surface area contributed by atoms with Crippen LogP contribution in [0.15, 0.2) is 22.6 Å². The van der Waals surface area contributed by atoms with Crippen LogP contribution in [0.4, 0.5) is 0 Å². The normalized spacial score (nSPS) is 34.4. The lowest BCUT2D eigenvalue weighted by Crippen LogP contribution is -2.53. The molecule has 1 heterocycles. The number of hydrogen-bond acceptors (Lipinski definition) is 3. The van der Waals surface area contributed by atoms with Gasteiger partial charge < -0.3 is 4.74 Å². The van der Waals surface area contributed by atoms with E-state index in [0.717, 1.165) is 43.5 Å². The Morgan fingerprint density at radius 2 is 1.96 bits per heavy atom. The Balaban J connectivity index is 1.91. The monoisotopic (exact) mass is 373 g/mol. The van der Waals surface area contributed by atoms with Crippen LogP contribution in [0.25, 0.3) is 0 Å². The second kappa shape index (κ2) is 5.11. The molecular formula is C16H17Cl2NO3S. The lowest BCUT2D eigenvalue weighted by Gasteiger charge is -2.51. The van der Waals surface area contributed by atoms with Gasteiger partial charge in [0.15, 0.2) is 0 Å². The van der Waals surface area contributed by atoms with Gasteiger partial charge in [-0.25, -0.2) is 0 Å². The van der Waals surface area contributed by atoms with Gasteiger partial charge in [-0.2, -0.15) is 8.42 Å².